The average molecular weight is 665 g/mol. The lowest BCUT2D eigenvalue weighted by molar-refractivity contribution is -0.0532. The third-order valence-corrected chi connectivity index (χ3v) is 10.7. The van der Waals surface area contributed by atoms with E-state index in [-0.39, 0.29) is 23.6 Å². The Morgan fingerprint density at radius 3 is 2.72 bits per heavy atom. The van der Waals surface area contributed by atoms with Gasteiger partial charge in [-0.3, -0.25) is 0 Å². The van der Waals surface area contributed by atoms with Crippen molar-refractivity contribution in [2.24, 2.45) is 11.8 Å². The van der Waals surface area contributed by atoms with Crippen molar-refractivity contribution in [2.45, 2.75) is 82.8 Å². The Labute approximate surface area is 284 Å². The lowest BCUT2D eigenvalue weighted by atomic mass is 9.67. The molecule has 2 aromatic carbocycles. The second-order valence-electron chi connectivity index (χ2n) is 14.9. The highest BCUT2D eigenvalue weighted by atomic mass is 35.5. The number of methoxy groups -OCH3 is 1. The van der Waals surface area contributed by atoms with Crippen LogP contribution in [0, 0.1) is 11.8 Å². The minimum Gasteiger partial charge on any atom is -0.490 e. The Bertz CT molecular complexity index is 1520. The summed E-state index contributed by atoms with van der Waals surface area (Å²) in [5.41, 5.74) is 4.75. The first-order valence-corrected chi connectivity index (χ1v) is 17.5. The Balaban J connectivity index is 1.21. The van der Waals surface area contributed by atoms with E-state index >= 15 is 0 Å². The summed E-state index contributed by atoms with van der Waals surface area (Å²) in [6.45, 7) is 9.10. The molecule has 1 saturated heterocycles. The third kappa shape index (κ3) is 7.44. The monoisotopic (exact) mass is 664 g/mol. The zero-order valence-corrected chi connectivity index (χ0v) is 29.2. The van der Waals surface area contributed by atoms with Gasteiger partial charge in [-0.1, -0.05) is 29.3 Å². The zero-order chi connectivity index (χ0) is 33.3. The predicted molar refractivity (Wildman–Crippen MR) is 184 cm³/mol. The fourth-order valence-corrected chi connectivity index (χ4v) is 8.05. The number of carbonyl (C=O) groups excluding carboxylic acids is 2. The van der Waals surface area contributed by atoms with Crippen molar-refractivity contribution in [3.05, 3.63) is 69.8 Å². The van der Waals surface area contributed by atoms with Crippen LogP contribution >= 0.6 is 11.6 Å². The van der Waals surface area contributed by atoms with Gasteiger partial charge in [0, 0.05) is 37.1 Å². The third-order valence-electron chi connectivity index (χ3n) is 10.4. The number of amides is 1. The predicted octanol–water partition coefficient (Wildman–Crippen LogP) is 7.60. The fourth-order valence-electron chi connectivity index (χ4n) is 7.85. The minimum atomic E-state index is -0.518. The smallest absolute Gasteiger partial charge is 0.410 e. The molecule has 0 bridgehead atoms. The average Bonchev–Trinajstić information content (AvgIpc) is 3.17. The quantitative estimate of drug-likeness (QED) is 0.233. The summed E-state index contributed by atoms with van der Waals surface area (Å²) < 4.78 is 23.6. The number of hydrogen-bond acceptors (Lipinski definition) is 7. The molecule has 9 heteroatoms. The number of halogens is 1. The maximum atomic E-state index is 12.6. The van der Waals surface area contributed by atoms with Gasteiger partial charge < -0.3 is 28.7 Å². The fraction of sp³-hybridized carbons (Fsp3) is 0.579. The van der Waals surface area contributed by atoms with E-state index in [1.54, 1.807) is 18.0 Å². The number of nitrogens with zero attached hydrogens (tertiary/aromatic N) is 2. The molecule has 2 heterocycles. The Morgan fingerprint density at radius 2 is 1.98 bits per heavy atom. The van der Waals surface area contributed by atoms with Gasteiger partial charge in [-0.25, -0.2) is 9.59 Å². The molecule has 6 rings (SSSR count). The van der Waals surface area contributed by atoms with Crippen molar-refractivity contribution in [1.29, 1.82) is 0 Å². The SMILES string of the molecule is COC(=O)c1ccc2c(c1)N(C[C@@H]1CC[C@H]1[C@@H]1C/C(=C/CN(C)C(=O)OC(C)(C)C)CCO1)C[C@@]1(CCCc3cc(Cl)ccc31)CO2. The molecule has 0 unspecified atom stereocenters. The van der Waals surface area contributed by atoms with E-state index in [0.717, 1.165) is 74.5 Å². The maximum absolute atomic E-state index is 12.6. The molecule has 0 aromatic heterocycles. The van der Waals surface area contributed by atoms with Crippen LogP contribution in [0.3, 0.4) is 0 Å². The Kier molecular flexibility index (Phi) is 9.82. The van der Waals surface area contributed by atoms with Crippen molar-refractivity contribution in [3.8, 4) is 5.75 Å². The number of hydrogen-bond donors (Lipinski definition) is 0. The van der Waals surface area contributed by atoms with Gasteiger partial charge in [-0.05, 0) is 119 Å². The van der Waals surface area contributed by atoms with Crippen LogP contribution in [0.25, 0.3) is 0 Å². The Morgan fingerprint density at radius 1 is 1.15 bits per heavy atom. The summed E-state index contributed by atoms with van der Waals surface area (Å²) in [6, 6.07) is 12.0. The number of fused-ring (bicyclic) bond motifs is 3. The van der Waals surface area contributed by atoms with E-state index in [1.807, 2.05) is 39.0 Å². The first-order chi connectivity index (χ1) is 22.4. The lowest BCUT2D eigenvalue weighted by Crippen LogP contribution is -2.50. The molecule has 4 aliphatic rings. The van der Waals surface area contributed by atoms with Crippen LogP contribution in [0.4, 0.5) is 10.5 Å². The number of aryl methyl sites for hydroxylation is 1. The van der Waals surface area contributed by atoms with E-state index in [9.17, 15) is 9.59 Å². The van der Waals surface area contributed by atoms with Crippen molar-refractivity contribution < 1.29 is 28.5 Å². The van der Waals surface area contributed by atoms with Crippen LogP contribution in [0.15, 0.2) is 48.0 Å². The molecule has 2 fully saturated rings. The first-order valence-electron chi connectivity index (χ1n) is 17.1. The lowest BCUT2D eigenvalue weighted by Gasteiger charge is -2.47. The highest BCUT2D eigenvalue weighted by molar-refractivity contribution is 6.30. The van der Waals surface area contributed by atoms with Crippen molar-refractivity contribution in [3.63, 3.8) is 0 Å². The number of benzene rings is 2. The number of ether oxygens (including phenoxy) is 4. The molecule has 1 spiro atoms. The van der Waals surface area contributed by atoms with Crippen molar-refractivity contribution >= 4 is 29.4 Å². The molecule has 4 atom stereocenters. The molecule has 47 heavy (non-hydrogen) atoms. The largest absolute Gasteiger partial charge is 0.490 e. The molecular weight excluding hydrogens is 616 g/mol. The summed E-state index contributed by atoms with van der Waals surface area (Å²) in [7, 11) is 3.20. The molecule has 254 valence electrons. The molecule has 2 aliphatic heterocycles. The van der Waals surface area contributed by atoms with Gasteiger partial charge in [0.1, 0.15) is 11.4 Å². The standard InChI is InChI=1S/C38H49ClN2O6/c1-37(2,3)47-36(43)40(4)17-14-25-15-18-45-34(19-25)30-11-8-28(30)22-41-23-38(16-6-7-26-20-29(39)10-12-31(26)38)24-46-33-13-9-27(21-32(33)41)35(42)44-5/h9-10,12-14,20-21,28,30,34H,6-8,11,15-19,22-24H2,1-5H3/b25-14+/t28-,30+,34-,38-/m0/s1. The Hall–Kier alpha value is -3.23. The number of esters is 1. The van der Waals surface area contributed by atoms with Gasteiger partial charge >= 0.3 is 12.1 Å². The van der Waals surface area contributed by atoms with E-state index in [0.29, 0.717) is 37.2 Å². The second-order valence-corrected chi connectivity index (χ2v) is 15.3. The molecule has 0 N–H and O–H groups in total. The van der Waals surface area contributed by atoms with Crippen LogP contribution in [0.1, 0.15) is 80.8 Å². The molecular formula is C38H49ClN2O6. The number of likely N-dealkylation sites (N-methyl/N-ethyl adjacent to an activating group) is 1. The molecule has 0 radical (unpaired) electrons. The normalized spacial score (nSPS) is 26.4. The summed E-state index contributed by atoms with van der Waals surface area (Å²) in [4.78, 5) is 29.2. The van der Waals surface area contributed by atoms with Crippen LogP contribution in [0.2, 0.25) is 5.02 Å². The van der Waals surface area contributed by atoms with Crippen LogP contribution in [0.5, 0.6) is 5.75 Å². The van der Waals surface area contributed by atoms with Gasteiger partial charge in [0.15, 0.2) is 0 Å². The van der Waals surface area contributed by atoms with E-state index in [4.69, 9.17) is 30.5 Å². The highest BCUT2D eigenvalue weighted by Crippen LogP contribution is 2.47. The van der Waals surface area contributed by atoms with E-state index < -0.39 is 5.60 Å². The van der Waals surface area contributed by atoms with Gasteiger partial charge in [0.05, 0.1) is 37.7 Å². The van der Waals surface area contributed by atoms with Crippen molar-refractivity contribution in [1.82, 2.24) is 4.90 Å². The van der Waals surface area contributed by atoms with Gasteiger partial charge in [0.25, 0.3) is 0 Å². The van der Waals surface area contributed by atoms with Crippen LogP contribution in [-0.4, -0.2) is 75.7 Å². The topological polar surface area (TPSA) is 77.5 Å². The highest BCUT2D eigenvalue weighted by Gasteiger charge is 2.45. The summed E-state index contributed by atoms with van der Waals surface area (Å²) in [5, 5.41) is 0.771. The maximum Gasteiger partial charge on any atom is 0.410 e. The number of anilines is 1. The van der Waals surface area contributed by atoms with Gasteiger partial charge in [-0.2, -0.15) is 0 Å². The first kappa shape index (κ1) is 33.7. The summed E-state index contributed by atoms with van der Waals surface area (Å²) in [5.74, 6) is 1.34. The molecule has 2 aromatic rings. The summed E-state index contributed by atoms with van der Waals surface area (Å²) in [6.07, 6.45) is 9.18. The van der Waals surface area contributed by atoms with Gasteiger partial charge in [0.2, 0.25) is 0 Å². The molecule has 8 nitrogen and oxygen atoms in total. The molecule has 2 aliphatic carbocycles. The minimum absolute atomic E-state index is 0.149. The second kappa shape index (κ2) is 13.7. The van der Waals surface area contributed by atoms with Gasteiger partial charge in [-0.15, -0.1) is 0 Å². The molecule has 1 amide bonds. The van der Waals surface area contributed by atoms with Crippen LogP contribution < -0.4 is 9.64 Å². The summed E-state index contributed by atoms with van der Waals surface area (Å²) >= 11 is 6.44. The number of rotatable bonds is 6. The van der Waals surface area contributed by atoms with Crippen LogP contribution in [-0.2, 0) is 26.0 Å². The zero-order valence-electron chi connectivity index (χ0n) is 28.5. The van der Waals surface area contributed by atoms with E-state index in [1.165, 1.54) is 23.8 Å². The van der Waals surface area contributed by atoms with E-state index in [2.05, 4.69) is 23.1 Å². The van der Waals surface area contributed by atoms with Crippen molar-refractivity contribution in [2.75, 3.05) is 51.9 Å². The number of carbonyl (C=O) groups is 2. The molecule has 1 saturated carbocycles.